The fourth-order valence-corrected chi connectivity index (χ4v) is 2.45. The van der Waals surface area contributed by atoms with Gasteiger partial charge in [0, 0.05) is 23.0 Å². The number of H-pyrrole nitrogens is 1. The van der Waals surface area contributed by atoms with Crippen LogP contribution < -0.4 is 0 Å². The Morgan fingerprint density at radius 2 is 2.24 bits per heavy atom. The van der Waals surface area contributed by atoms with E-state index in [0.29, 0.717) is 0 Å². The molecule has 1 N–H and O–H groups in total. The molecule has 0 fully saturated rings. The number of nitrogens with one attached hydrogen (secondary N) is 1. The molecule has 1 aromatic heterocycles. The third-order valence-electron chi connectivity index (χ3n) is 3.39. The van der Waals surface area contributed by atoms with Crippen molar-refractivity contribution in [3.8, 4) is 0 Å². The number of hydrogen-bond donors (Lipinski definition) is 1. The van der Waals surface area contributed by atoms with Gasteiger partial charge in [-0.1, -0.05) is 0 Å². The molecule has 0 amide bonds. The standard InChI is InChI=1S/C14H14N2O/c1-8-14-11(5-6-15-8)12-7-10(9(2)17)3-4-13(12)16-14/h3-4,7,16H,5-6H2,1-2H3. The number of nitrogens with zero attached hydrogens (tertiary/aromatic N) is 1. The average Bonchev–Trinajstić information content (AvgIpc) is 2.68. The van der Waals surface area contributed by atoms with Crippen molar-refractivity contribution in [2.45, 2.75) is 20.3 Å². The van der Waals surface area contributed by atoms with Crippen LogP contribution in [0.4, 0.5) is 0 Å². The fourth-order valence-electron chi connectivity index (χ4n) is 2.45. The van der Waals surface area contributed by atoms with Crippen LogP contribution in [0.2, 0.25) is 0 Å². The molecule has 1 aliphatic heterocycles. The highest BCUT2D eigenvalue weighted by Crippen LogP contribution is 2.27. The second-order valence-corrected chi connectivity index (χ2v) is 4.51. The molecule has 2 aromatic rings. The highest BCUT2D eigenvalue weighted by molar-refractivity contribution is 6.06. The summed E-state index contributed by atoms with van der Waals surface area (Å²) >= 11 is 0. The maximum absolute atomic E-state index is 11.4. The van der Waals surface area contributed by atoms with Crippen LogP contribution in [-0.4, -0.2) is 23.0 Å². The number of carbonyl (C=O) groups excluding carboxylic acids is 1. The van der Waals surface area contributed by atoms with Gasteiger partial charge in [0.25, 0.3) is 0 Å². The molecule has 3 rings (SSSR count). The van der Waals surface area contributed by atoms with Crippen molar-refractivity contribution in [2.24, 2.45) is 4.99 Å². The predicted octanol–water partition coefficient (Wildman–Crippen LogP) is 2.74. The van der Waals surface area contributed by atoms with Crippen LogP contribution >= 0.6 is 0 Å². The van der Waals surface area contributed by atoms with E-state index in [1.165, 1.54) is 10.9 Å². The monoisotopic (exact) mass is 226 g/mol. The number of rotatable bonds is 1. The van der Waals surface area contributed by atoms with E-state index in [2.05, 4.69) is 9.98 Å². The summed E-state index contributed by atoms with van der Waals surface area (Å²) in [6, 6.07) is 5.85. The van der Waals surface area contributed by atoms with Crippen molar-refractivity contribution in [2.75, 3.05) is 6.54 Å². The molecule has 0 radical (unpaired) electrons. The molecule has 0 bridgehead atoms. The van der Waals surface area contributed by atoms with E-state index in [1.807, 2.05) is 25.1 Å². The Labute approximate surface area is 99.6 Å². The summed E-state index contributed by atoms with van der Waals surface area (Å²) in [5.41, 5.74) is 5.37. The quantitative estimate of drug-likeness (QED) is 0.746. The lowest BCUT2D eigenvalue weighted by atomic mass is 10.0. The summed E-state index contributed by atoms with van der Waals surface area (Å²) in [6.45, 7) is 4.47. The molecule has 0 atom stereocenters. The van der Waals surface area contributed by atoms with Crippen LogP contribution in [0.1, 0.15) is 35.5 Å². The lowest BCUT2D eigenvalue weighted by Crippen LogP contribution is -2.08. The molecule has 86 valence electrons. The van der Waals surface area contributed by atoms with Crippen LogP contribution in [0.15, 0.2) is 23.2 Å². The molecule has 1 aliphatic rings. The van der Waals surface area contributed by atoms with Crippen molar-refractivity contribution < 1.29 is 4.79 Å². The van der Waals surface area contributed by atoms with Gasteiger partial charge in [0.15, 0.2) is 5.78 Å². The Hall–Kier alpha value is -1.90. The first kappa shape index (κ1) is 10.3. The van der Waals surface area contributed by atoms with Crippen LogP contribution in [0.5, 0.6) is 0 Å². The summed E-state index contributed by atoms with van der Waals surface area (Å²) in [5, 5.41) is 1.17. The number of hydrogen-bond acceptors (Lipinski definition) is 2. The van der Waals surface area contributed by atoms with Gasteiger partial charge in [0.1, 0.15) is 0 Å². The van der Waals surface area contributed by atoms with E-state index in [9.17, 15) is 4.79 Å². The lowest BCUT2D eigenvalue weighted by Gasteiger charge is -2.09. The zero-order chi connectivity index (χ0) is 12.0. The first-order valence-electron chi connectivity index (χ1n) is 5.84. The second kappa shape index (κ2) is 3.55. The number of aromatic amines is 1. The van der Waals surface area contributed by atoms with Gasteiger partial charge in [-0.3, -0.25) is 9.79 Å². The Morgan fingerprint density at radius 3 is 3.00 bits per heavy atom. The Bertz CT molecular complexity index is 650. The lowest BCUT2D eigenvalue weighted by molar-refractivity contribution is 0.101. The molecular weight excluding hydrogens is 212 g/mol. The van der Waals surface area contributed by atoms with Gasteiger partial charge in [0.05, 0.1) is 11.4 Å². The van der Waals surface area contributed by atoms with E-state index in [-0.39, 0.29) is 5.78 Å². The third kappa shape index (κ3) is 1.50. The van der Waals surface area contributed by atoms with Crippen molar-refractivity contribution in [1.82, 2.24) is 4.98 Å². The predicted molar refractivity (Wildman–Crippen MR) is 69.1 cm³/mol. The molecule has 0 aliphatic carbocycles. The minimum absolute atomic E-state index is 0.114. The maximum Gasteiger partial charge on any atom is 0.159 e. The number of Topliss-reactive ketones (excluding diaryl/α,β-unsaturated/α-hetero) is 1. The van der Waals surface area contributed by atoms with Crippen molar-refractivity contribution >= 4 is 22.4 Å². The van der Waals surface area contributed by atoms with Crippen molar-refractivity contribution in [3.63, 3.8) is 0 Å². The van der Waals surface area contributed by atoms with E-state index in [4.69, 9.17) is 0 Å². The van der Waals surface area contributed by atoms with Crippen molar-refractivity contribution in [3.05, 3.63) is 35.0 Å². The highest BCUT2D eigenvalue weighted by Gasteiger charge is 2.17. The zero-order valence-electron chi connectivity index (χ0n) is 10.0. The number of benzene rings is 1. The molecule has 3 heteroatoms. The van der Waals surface area contributed by atoms with Gasteiger partial charge in [0.2, 0.25) is 0 Å². The number of aliphatic imine (C=N–C) groups is 1. The molecule has 2 heterocycles. The van der Waals surface area contributed by atoms with Gasteiger partial charge in [-0.15, -0.1) is 0 Å². The molecule has 17 heavy (non-hydrogen) atoms. The second-order valence-electron chi connectivity index (χ2n) is 4.51. The largest absolute Gasteiger partial charge is 0.353 e. The minimum atomic E-state index is 0.114. The molecule has 0 saturated carbocycles. The summed E-state index contributed by atoms with van der Waals surface area (Å²) in [6.07, 6.45) is 0.952. The van der Waals surface area contributed by atoms with E-state index < -0.39 is 0 Å². The topological polar surface area (TPSA) is 45.2 Å². The molecule has 0 unspecified atom stereocenters. The normalized spacial score (nSPS) is 14.6. The first-order valence-corrected chi connectivity index (χ1v) is 5.84. The average molecular weight is 226 g/mol. The summed E-state index contributed by atoms with van der Waals surface area (Å²) < 4.78 is 0. The fraction of sp³-hybridized carbons (Fsp3) is 0.286. The van der Waals surface area contributed by atoms with Crippen molar-refractivity contribution in [1.29, 1.82) is 0 Å². The third-order valence-corrected chi connectivity index (χ3v) is 3.39. The van der Waals surface area contributed by atoms with Gasteiger partial charge in [-0.2, -0.15) is 0 Å². The van der Waals surface area contributed by atoms with Crippen LogP contribution in [0, 0.1) is 0 Å². The Kier molecular flexibility index (Phi) is 2.15. The Morgan fingerprint density at radius 1 is 1.41 bits per heavy atom. The summed E-state index contributed by atoms with van der Waals surface area (Å²) in [4.78, 5) is 19.2. The Balaban J connectivity index is 2.30. The maximum atomic E-state index is 11.4. The molecule has 3 nitrogen and oxygen atoms in total. The first-order chi connectivity index (χ1) is 8.16. The summed E-state index contributed by atoms with van der Waals surface area (Å²) in [7, 11) is 0. The van der Waals surface area contributed by atoms with E-state index in [0.717, 1.165) is 35.5 Å². The number of carbonyl (C=O) groups is 1. The zero-order valence-corrected chi connectivity index (χ0v) is 10.0. The molecular formula is C14H14N2O. The van der Waals surface area contributed by atoms with Gasteiger partial charge < -0.3 is 4.98 Å². The van der Waals surface area contributed by atoms with Crippen LogP contribution in [-0.2, 0) is 6.42 Å². The minimum Gasteiger partial charge on any atom is -0.353 e. The highest BCUT2D eigenvalue weighted by atomic mass is 16.1. The van der Waals surface area contributed by atoms with Gasteiger partial charge in [-0.25, -0.2) is 0 Å². The van der Waals surface area contributed by atoms with Gasteiger partial charge >= 0.3 is 0 Å². The number of fused-ring (bicyclic) bond motifs is 3. The number of aromatic nitrogens is 1. The van der Waals surface area contributed by atoms with Gasteiger partial charge in [-0.05, 0) is 44.0 Å². The van der Waals surface area contributed by atoms with E-state index >= 15 is 0 Å². The number of ketones is 1. The SMILES string of the molecule is CC(=O)c1ccc2[nH]c3c(c2c1)CCN=C3C. The molecule has 0 spiro atoms. The van der Waals surface area contributed by atoms with Crippen LogP contribution in [0.3, 0.4) is 0 Å². The molecule has 1 aromatic carbocycles. The van der Waals surface area contributed by atoms with E-state index in [1.54, 1.807) is 6.92 Å². The summed E-state index contributed by atoms with van der Waals surface area (Å²) in [5.74, 6) is 0.114. The smallest absolute Gasteiger partial charge is 0.159 e. The molecule has 0 saturated heterocycles. The van der Waals surface area contributed by atoms with Crippen LogP contribution in [0.25, 0.3) is 10.9 Å².